The molecule has 20 heavy (non-hydrogen) atoms. The standard InChI is InChI=1S/C14H13BrClN3O/c1-2-9-4-3-5-17-12(9)8-19-14(20)11-6-10(15)7-18-13(11)16/h3-7H,2,8H2,1H3,(H,19,20). The minimum absolute atomic E-state index is 0.183. The average molecular weight is 355 g/mol. The van der Waals surface area contributed by atoms with Crippen molar-refractivity contribution in [2.45, 2.75) is 19.9 Å². The van der Waals surface area contributed by atoms with Crippen molar-refractivity contribution < 1.29 is 4.79 Å². The number of aromatic nitrogens is 2. The van der Waals surface area contributed by atoms with Gasteiger partial charge < -0.3 is 5.32 Å². The highest BCUT2D eigenvalue weighted by molar-refractivity contribution is 9.10. The maximum Gasteiger partial charge on any atom is 0.254 e. The molecule has 2 rings (SSSR count). The molecule has 2 heterocycles. The molecule has 0 radical (unpaired) electrons. The van der Waals surface area contributed by atoms with Crippen LogP contribution in [0.2, 0.25) is 5.15 Å². The Bertz CT molecular complexity index is 634. The van der Waals surface area contributed by atoms with Gasteiger partial charge in [-0.1, -0.05) is 24.6 Å². The first-order valence-electron chi connectivity index (χ1n) is 6.13. The third-order valence-corrected chi connectivity index (χ3v) is 3.57. The van der Waals surface area contributed by atoms with Gasteiger partial charge >= 0.3 is 0 Å². The molecule has 4 nitrogen and oxygen atoms in total. The fraction of sp³-hybridized carbons (Fsp3) is 0.214. The van der Waals surface area contributed by atoms with Crippen molar-refractivity contribution in [1.82, 2.24) is 15.3 Å². The molecule has 1 amide bonds. The Balaban J connectivity index is 2.11. The van der Waals surface area contributed by atoms with Crippen LogP contribution < -0.4 is 5.32 Å². The maximum absolute atomic E-state index is 12.1. The van der Waals surface area contributed by atoms with Crippen molar-refractivity contribution in [2.24, 2.45) is 0 Å². The summed E-state index contributed by atoms with van der Waals surface area (Å²) in [6.45, 7) is 2.42. The highest BCUT2D eigenvalue weighted by Crippen LogP contribution is 2.18. The lowest BCUT2D eigenvalue weighted by Gasteiger charge is -2.09. The van der Waals surface area contributed by atoms with Gasteiger partial charge in [0.25, 0.3) is 5.91 Å². The number of hydrogen-bond acceptors (Lipinski definition) is 3. The van der Waals surface area contributed by atoms with Crippen LogP contribution in [-0.4, -0.2) is 15.9 Å². The van der Waals surface area contributed by atoms with Gasteiger partial charge in [-0.05, 0) is 40.0 Å². The molecule has 0 saturated carbocycles. The first-order valence-corrected chi connectivity index (χ1v) is 7.31. The minimum atomic E-state index is -0.267. The molecular weight excluding hydrogens is 342 g/mol. The van der Waals surface area contributed by atoms with E-state index >= 15 is 0 Å². The molecule has 6 heteroatoms. The quantitative estimate of drug-likeness (QED) is 0.856. The Morgan fingerprint density at radius 1 is 1.45 bits per heavy atom. The fourth-order valence-corrected chi connectivity index (χ4v) is 2.31. The van der Waals surface area contributed by atoms with Crippen LogP contribution in [0.15, 0.2) is 35.1 Å². The molecule has 104 valence electrons. The topological polar surface area (TPSA) is 54.9 Å². The van der Waals surface area contributed by atoms with Crippen LogP contribution >= 0.6 is 27.5 Å². The highest BCUT2D eigenvalue weighted by Gasteiger charge is 2.12. The lowest BCUT2D eigenvalue weighted by molar-refractivity contribution is 0.0950. The van der Waals surface area contributed by atoms with E-state index in [9.17, 15) is 4.79 Å². The van der Waals surface area contributed by atoms with Gasteiger partial charge in [0, 0.05) is 16.9 Å². The molecule has 2 aromatic rings. The van der Waals surface area contributed by atoms with Gasteiger partial charge in [-0.25, -0.2) is 4.98 Å². The molecule has 0 fully saturated rings. The summed E-state index contributed by atoms with van der Waals surface area (Å²) in [5.74, 6) is -0.267. The van der Waals surface area contributed by atoms with E-state index in [0.717, 1.165) is 17.7 Å². The average Bonchev–Trinajstić information content (AvgIpc) is 2.47. The van der Waals surface area contributed by atoms with Crippen LogP contribution in [0.25, 0.3) is 0 Å². The number of nitrogens with zero attached hydrogens (tertiary/aromatic N) is 2. The second-order valence-corrected chi connectivity index (χ2v) is 5.41. The van der Waals surface area contributed by atoms with Crippen LogP contribution in [0.3, 0.4) is 0 Å². The van der Waals surface area contributed by atoms with Crippen molar-refractivity contribution in [3.8, 4) is 0 Å². The first kappa shape index (κ1) is 14.9. The van der Waals surface area contributed by atoms with Crippen LogP contribution in [0, 0.1) is 0 Å². The molecule has 0 aliphatic heterocycles. The Morgan fingerprint density at radius 3 is 3.00 bits per heavy atom. The van der Waals surface area contributed by atoms with Gasteiger partial charge in [-0.15, -0.1) is 0 Å². The molecule has 2 aromatic heterocycles. The van der Waals surface area contributed by atoms with E-state index in [4.69, 9.17) is 11.6 Å². The zero-order valence-corrected chi connectivity index (χ0v) is 13.2. The van der Waals surface area contributed by atoms with E-state index < -0.39 is 0 Å². The predicted octanol–water partition coefficient (Wildman–Crippen LogP) is 3.38. The summed E-state index contributed by atoms with van der Waals surface area (Å²) in [5.41, 5.74) is 2.32. The van der Waals surface area contributed by atoms with E-state index in [-0.39, 0.29) is 11.1 Å². The third-order valence-electron chi connectivity index (χ3n) is 2.83. The van der Waals surface area contributed by atoms with Gasteiger partial charge in [0.1, 0.15) is 5.15 Å². The van der Waals surface area contributed by atoms with Gasteiger partial charge in [0.2, 0.25) is 0 Å². The lowest BCUT2D eigenvalue weighted by Crippen LogP contribution is -2.24. The SMILES string of the molecule is CCc1cccnc1CNC(=O)c1cc(Br)cnc1Cl. The zero-order valence-electron chi connectivity index (χ0n) is 10.9. The molecule has 0 aromatic carbocycles. The molecule has 0 atom stereocenters. The molecule has 0 aliphatic carbocycles. The maximum atomic E-state index is 12.1. The minimum Gasteiger partial charge on any atom is -0.346 e. The summed E-state index contributed by atoms with van der Waals surface area (Å²) in [5, 5.41) is 2.99. The van der Waals surface area contributed by atoms with Crippen LogP contribution in [-0.2, 0) is 13.0 Å². The van der Waals surface area contributed by atoms with Crippen LogP contribution in [0.5, 0.6) is 0 Å². The van der Waals surface area contributed by atoms with Crippen molar-refractivity contribution in [3.63, 3.8) is 0 Å². The highest BCUT2D eigenvalue weighted by atomic mass is 79.9. The number of carbonyl (C=O) groups is 1. The number of aryl methyl sites for hydroxylation is 1. The summed E-state index contributed by atoms with van der Waals surface area (Å²) in [4.78, 5) is 20.3. The molecular formula is C14H13BrClN3O. The van der Waals surface area contributed by atoms with Crippen LogP contribution in [0.4, 0.5) is 0 Å². The second-order valence-electron chi connectivity index (χ2n) is 4.14. The summed E-state index contributed by atoms with van der Waals surface area (Å²) in [6.07, 6.45) is 4.14. The van der Waals surface area contributed by atoms with Gasteiger partial charge in [0.15, 0.2) is 0 Å². The Morgan fingerprint density at radius 2 is 2.25 bits per heavy atom. The Hall–Kier alpha value is -1.46. The Kier molecular flexibility index (Phi) is 5.09. The van der Waals surface area contributed by atoms with E-state index in [2.05, 4.69) is 38.1 Å². The first-order chi connectivity index (χ1) is 9.61. The fourth-order valence-electron chi connectivity index (χ4n) is 1.79. The van der Waals surface area contributed by atoms with Gasteiger partial charge in [0.05, 0.1) is 17.8 Å². The monoisotopic (exact) mass is 353 g/mol. The summed E-state index contributed by atoms with van der Waals surface area (Å²) >= 11 is 9.19. The number of carbonyl (C=O) groups excluding carboxylic acids is 1. The third kappa shape index (κ3) is 3.55. The number of rotatable bonds is 4. The zero-order chi connectivity index (χ0) is 14.5. The molecule has 0 spiro atoms. The summed E-state index contributed by atoms with van der Waals surface area (Å²) < 4.78 is 0.708. The smallest absolute Gasteiger partial charge is 0.254 e. The van der Waals surface area contributed by atoms with Crippen molar-refractivity contribution in [3.05, 3.63) is 57.0 Å². The molecule has 0 bridgehead atoms. The van der Waals surface area contributed by atoms with Crippen molar-refractivity contribution in [1.29, 1.82) is 0 Å². The number of hydrogen-bond donors (Lipinski definition) is 1. The molecule has 0 saturated heterocycles. The molecule has 0 aliphatic rings. The Labute approximate surface area is 130 Å². The molecule has 0 unspecified atom stereocenters. The number of amides is 1. The van der Waals surface area contributed by atoms with Crippen molar-refractivity contribution in [2.75, 3.05) is 0 Å². The van der Waals surface area contributed by atoms with E-state index in [0.29, 0.717) is 16.6 Å². The van der Waals surface area contributed by atoms with Gasteiger partial charge in [-0.2, -0.15) is 0 Å². The second kappa shape index (κ2) is 6.81. The largest absolute Gasteiger partial charge is 0.346 e. The predicted molar refractivity (Wildman–Crippen MR) is 81.7 cm³/mol. The van der Waals surface area contributed by atoms with E-state index in [1.54, 1.807) is 18.5 Å². The molecule has 1 N–H and O–H groups in total. The summed E-state index contributed by atoms with van der Waals surface area (Å²) in [7, 11) is 0. The van der Waals surface area contributed by atoms with Gasteiger partial charge in [-0.3, -0.25) is 9.78 Å². The number of pyridine rings is 2. The van der Waals surface area contributed by atoms with E-state index in [1.165, 1.54) is 0 Å². The normalized spacial score (nSPS) is 10.3. The number of nitrogens with one attached hydrogen (secondary N) is 1. The lowest BCUT2D eigenvalue weighted by atomic mass is 10.1. The number of halogens is 2. The van der Waals surface area contributed by atoms with E-state index in [1.807, 2.05) is 12.1 Å². The summed E-state index contributed by atoms with van der Waals surface area (Å²) in [6, 6.07) is 5.53. The van der Waals surface area contributed by atoms with Crippen LogP contribution in [0.1, 0.15) is 28.5 Å². The van der Waals surface area contributed by atoms with Crippen molar-refractivity contribution >= 4 is 33.4 Å².